The van der Waals surface area contributed by atoms with E-state index < -0.39 is 0 Å². The van der Waals surface area contributed by atoms with E-state index in [1.54, 1.807) is 0 Å². The van der Waals surface area contributed by atoms with E-state index in [0.29, 0.717) is 19.8 Å². The van der Waals surface area contributed by atoms with Gasteiger partial charge in [0.25, 0.3) is 0 Å². The lowest BCUT2D eigenvalue weighted by Gasteiger charge is -2.10. The summed E-state index contributed by atoms with van der Waals surface area (Å²) in [6.07, 6.45) is 3.67. The molecule has 3 nitrogen and oxygen atoms in total. The first kappa shape index (κ1) is 13.9. The van der Waals surface area contributed by atoms with Crippen molar-refractivity contribution in [1.82, 2.24) is 0 Å². The Kier molecular flexibility index (Phi) is 10.9. The predicted octanol–water partition coefficient (Wildman–Crippen LogP) is 1.84. The maximum Gasteiger partial charge on any atom is 0.0701 e. The molecule has 0 spiro atoms. The SMILES string of the molecule is CCCC(C)CCOCCOCCO. The average Bonchev–Trinajstić information content (AvgIpc) is 2.17. The molecule has 0 aromatic rings. The van der Waals surface area contributed by atoms with Gasteiger partial charge in [0.05, 0.1) is 26.4 Å². The highest BCUT2D eigenvalue weighted by molar-refractivity contribution is 4.50. The molecule has 0 amide bonds. The van der Waals surface area contributed by atoms with Crippen LogP contribution in [0.2, 0.25) is 0 Å². The third-order valence-corrected chi connectivity index (χ3v) is 2.14. The van der Waals surface area contributed by atoms with E-state index in [-0.39, 0.29) is 6.61 Å². The van der Waals surface area contributed by atoms with Crippen LogP contribution in [0.3, 0.4) is 0 Å². The summed E-state index contributed by atoms with van der Waals surface area (Å²) in [5.74, 6) is 0.762. The molecule has 0 aliphatic rings. The highest BCUT2D eigenvalue weighted by Gasteiger charge is 1.99. The second-order valence-electron chi connectivity index (χ2n) is 3.63. The molecule has 3 heteroatoms. The third kappa shape index (κ3) is 9.96. The molecule has 0 saturated heterocycles. The Morgan fingerprint density at radius 1 is 1.00 bits per heavy atom. The molecule has 0 radical (unpaired) electrons. The van der Waals surface area contributed by atoms with Crippen LogP contribution >= 0.6 is 0 Å². The van der Waals surface area contributed by atoms with E-state index in [4.69, 9.17) is 14.6 Å². The fourth-order valence-corrected chi connectivity index (χ4v) is 1.31. The molecule has 0 heterocycles. The van der Waals surface area contributed by atoms with Gasteiger partial charge < -0.3 is 14.6 Å². The molecule has 0 saturated carbocycles. The van der Waals surface area contributed by atoms with Gasteiger partial charge in [0, 0.05) is 6.61 Å². The number of hydrogen-bond donors (Lipinski definition) is 1. The third-order valence-electron chi connectivity index (χ3n) is 2.14. The zero-order valence-corrected chi connectivity index (χ0v) is 9.50. The van der Waals surface area contributed by atoms with Gasteiger partial charge in [0.15, 0.2) is 0 Å². The van der Waals surface area contributed by atoms with E-state index in [9.17, 15) is 0 Å². The first-order valence-electron chi connectivity index (χ1n) is 5.57. The Morgan fingerprint density at radius 3 is 2.21 bits per heavy atom. The molecular formula is C11H24O3. The number of rotatable bonds is 10. The molecule has 86 valence electrons. The summed E-state index contributed by atoms with van der Waals surface area (Å²) in [6.45, 7) is 7.02. The summed E-state index contributed by atoms with van der Waals surface area (Å²) < 4.78 is 10.5. The number of hydrogen-bond acceptors (Lipinski definition) is 3. The van der Waals surface area contributed by atoms with E-state index in [0.717, 1.165) is 18.9 Å². The second-order valence-corrected chi connectivity index (χ2v) is 3.63. The summed E-state index contributed by atoms with van der Waals surface area (Å²) >= 11 is 0. The van der Waals surface area contributed by atoms with Crippen LogP contribution in [-0.4, -0.2) is 38.1 Å². The molecule has 0 fully saturated rings. The van der Waals surface area contributed by atoms with Crippen molar-refractivity contribution < 1.29 is 14.6 Å². The molecular weight excluding hydrogens is 180 g/mol. The molecule has 1 N–H and O–H groups in total. The van der Waals surface area contributed by atoms with Crippen LogP contribution in [0.4, 0.5) is 0 Å². The minimum atomic E-state index is 0.0908. The van der Waals surface area contributed by atoms with Crippen molar-refractivity contribution in [2.75, 3.05) is 33.0 Å². The van der Waals surface area contributed by atoms with Crippen molar-refractivity contribution in [1.29, 1.82) is 0 Å². The summed E-state index contributed by atoms with van der Waals surface area (Å²) in [5.41, 5.74) is 0. The fraction of sp³-hybridized carbons (Fsp3) is 1.00. The largest absolute Gasteiger partial charge is 0.394 e. The van der Waals surface area contributed by atoms with E-state index in [2.05, 4.69) is 13.8 Å². The van der Waals surface area contributed by atoms with Gasteiger partial charge >= 0.3 is 0 Å². The topological polar surface area (TPSA) is 38.7 Å². The van der Waals surface area contributed by atoms with Crippen LogP contribution < -0.4 is 0 Å². The van der Waals surface area contributed by atoms with E-state index in [1.165, 1.54) is 12.8 Å². The van der Waals surface area contributed by atoms with E-state index in [1.807, 2.05) is 0 Å². The minimum absolute atomic E-state index is 0.0908. The van der Waals surface area contributed by atoms with Crippen LogP contribution in [0.15, 0.2) is 0 Å². The molecule has 0 bridgehead atoms. The average molecular weight is 204 g/mol. The van der Waals surface area contributed by atoms with Crippen LogP contribution in [0.1, 0.15) is 33.1 Å². The molecule has 1 atom stereocenters. The van der Waals surface area contributed by atoms with Crippen molar-refractivity contribution in [3.63, 3.8) is 0 Å². The second kappa shape index (κ2) is 11.0. The Morgan fingerprint density at radius 2 is 1.64 bits per heavy atom. The molecule has 0 aromatic carbocycles. The highest BCUT2D eigenvalue weighted by Crippen LogP contribution is 2.09. The summed E-state index contributed by atoms with van der Waals surface area (Å²) in [5, 5.41) is 8.43. The van der Waals surface area contributed by atoms with Crippen LogP contribution in [0.5, 0.6) is 0 Å². The zero-order chi connectivity index (χ0) is 10.6. The smallest absolute Gasteiger partial charge is 0.0701 e. The van der Waals surface area contributed by atoms with Crippen molar-refractivity contribution in [3.8, 4) is 0 Å². The maximum absolute atomic E-state index is 8.43. The van der Waals surface area contributed by atoms with Gasteiger partial charge in [-0.1, -0.05) is 26.7 Å². The van der Waals surface area contributed by atoms with Gasteiger partial charge in [-0.3, -0.25) is 0 Å². The Hall–Kier alpha value is -0.120. The normalized spacial score (nSPS) is 13.1. The van der Waals surface area contributed by atoms with Crippen molar-refractivity contribution >= 4 is 0 Å². The number of aliphatic hydroxyl groups excluding tert-OH is 1. The lowest BCUT2D eigenvalue weighted by atomic mass is 10.0. The molecule has 0 aromatic heterocycles. The zero-order valence-electron chi connectivity index (χ0n) is 9.50. The van der Waals surface area contributed by atoms with Gasteiger partial charge in [-0.2, -0.15) is 0 Å². The van der Waals surface area contributed by atoms with Crippen molar-refractivity contribution in [3.05, 3.63) is 0 Å². The minimum Gasteiger partial charge on any atom is -0.394 e. The fourth-order valence-electron chi connectivity index (χ4n) is 1.31. The quantitative estimate of drug-likeness (QED) is 0.552. The van der Waals surface area contributed by atoms with Crippen LogP contribution in [0, 0.1) is 5.92 Å². The Bertz CT molecular complexity index is 107. The summed E-state index contributed by atoms with van der Waals surface area (Å²) in [6, 6.07) is 0. The summed E-state index contributed by atoms with van der Waals surface area (Å²) in [7, 11) is 0. The maximum atomic E-state index is 8.43. The highest BCUT2D eigenvalue weighted by atomic mass is 16.5. The van der Waals surface area contributed by atoms with Gasteiger partial charge in [-0.25, -0.2) is 0 Å². The van der Waals surface area contributed by atoms with Gasteiger partial charge in [-0.05, 0) is 12.3 Å². The van der Waals surface area contributed by atoms with E-state index >= 15 is 0 Å². The monoisotopic (exact) mass is 204 g/mol. The van der Waals surface area contributed by atoms with Gasteiger partial charge in [0.2, 0.25) is 0 Å². The number of ether oxygens (including phenoxy) is 2. The standard InChI is InChI=1S/C11H24O3/c1-3-4-11(2)5-7-13-9-10-14-8-6-12/h11-12H,3-10H2,1-2H3. The molecule has 0 aliphatic carbocycles. The molecule has 14 heavy (non-hydrogen) atoms. The molecule has 0 aliphatic heterocycles. The predicted molar refractivity (Wildman–Crippen MR) is 57.4 cm³/mol. The lowest BCUT2D eigenvalue weighted by molar-refractivity contribution is 0.0297. The Balaban J connectivity index is 2.98. The molecule has 1 unspecified atom stereocenters. The lowest BCUT2D eigenvalue weighted by Crippen LogP contribution is -2.09. The van der Waals surface area contributed by atoms with Crippen LogP contribution in [0.25, 0.3) is 0 Å². The van der Waals surface area contributed by atoms with Gasteiger partial charge in [-0.15, -0.1) is 0 Å². The van der Waals surface area contributed by atoms with Crippen molar-refractivity contribution in [2.24, 2.45) is 5.92 Å². The molecule has 0 rings (SSSR count). The first-order valence-corrected chi connectivity index (χ1v) is 5.57. The van der Waals surface area contributed by atoms with Crippen LogP contribution in [-0.2, 0) is 9.47 Å². The summed E-state index contributed by atoms with van der Waals surface area (Å²) in [4.78, 5) is 0. The first-order chi connectivity index (χ1) is 6.81. The van der Waals surface area contributed by atoms with Crippen molar-refractivity contribution in [2.45, 2.75) is 33.1 Å². The van der Waals surface area contributed by atoms with Gasteiger partial charge in [0.1, 0.15) is 0 Å². The Labute approximate surface area is 87.4 Å². The number of aliphatic hydroxyl groups is 1.